The van der Waals surface area contributed by atoms with E-state index in [-0.39, 0.29) is 0 Å². The highest BCUT2D eigenvalue weighted by molar-refractivity contribution is 7.99. The van der Waals surface area contributed by atoms with Crippen LogP contribution in [0.2, 0.25) is 0 Å². The van der Waals surface area contributed by atoms with Crippen molar-refractivity contribution in [2.24, 2.45) is 5.73 Å². The van der Waals surface area contributed by atoms with Crippen LogP contribution in [0.15, 0.2) is 29.2 Å². The molecule has 1 aliphatic heterocycles. The standard InChI is InChI=1S/C13H20N2S/c1-10(6-7-14)15-8-11-9-16-13-5-3-2-4-12(11)13/h2-5,10-11,15H,6-9,14H2,1H3. The third kappa shape index (κ3) is 2.78. The molecule has 2 rings (SSSR count). The van der Waals surface area contributed by atoms with E-state index in [0.717, 1.165) is 19.5 Å². The molecule has 0 radical (unpaired) electrons. The molecular weight excluding hydrogens is 216 g/mol. The zero-order valence-electron chi connectivity index (χ0n) is 9.78. The molecule has 0 fully saturated rings. The van der Waals surface area contributed by atoms with Gasteiger partial charge in [0.25, 0.3) is 0 Å². The van der Waals surface area contributed by atoms with Crippen LogP contribution < -0.4 is 11.1 Å². The number of benzene rings is 1. The van der Waals surface area contributed by atoms with Gasteiger partial charge in [-0.15, -0.1) is 11.8 Å². The van der Waals surface area contributed by atoms with E-state index in [1.54, 1.807) is 0 Å². The Morgan fingerprint density at radius 1 is 1.50 bits per heavy atom. The first kappa shape index (κ1) is 12.0. The van der Waals surface area contributed by atoms with Gasteiger partial charge in [-0.1, -0.05) is 18.2 Å². The average molecular weight is 236 g/mol. The summed E-state index contributed by atoms with van der Waals surface area (Å²) in [6.07, 6.45) is 1.06. The van der Waals surface area contributed by atoms with Crippen molar-refractivity contribution >= 4 is 11.8 Å². The summed E-state index contributed by atoms with van der Waals surface area (Å²) >= 11 is 1.98. The van der Waals surface area contributed by atoms with E-state index in [2.05, 4.69) is 36.5 Å². The van der Waals surface area contributed by atoms with Gasteiger partial charge < -0.3 is 11.1 Å². The highest BCUT2D eigenvalue weighted by Gasteiger charge is 2.22. The van der Waals surface area contributed by atoms with Gasteiger partial charge >= 0.3 is 0 Å². The van der Waals surface area contributed by atoms with Crippen LogP contribution >= 0.6 is 11.8 Å². The fourth-order valence-electron chi connectivity index (χ4n) is 2.09. The first-order valence-electron chi connectivity index (χ1n) is 5.96. The fourth-order valence-corrected chi connectivity index (χ4v) is 3.35. The first-order chi connectivity index (χ1) is 7.81. The predicted molar refractivity (Wildman–Crippen MR) is 71.0 cm³/mol. The molecular formula is C13H20N2S. The molecule has 16 heavy (non-hydrogen) atoms. The van der Waals surface area contributed by atoms with Crippen LogP contribution in [-0.2, 0) is 0 Å². The Morgan fingerprint density at radius 2 is 2.31 bits per heavy atom. The minimum Gasteiger partial charge on any atom is -0.330 e. The lowest BCUT2D eigenvalue weighted by molar-refractivity contribution is 0.500. The van der Waals surface area contributed by atoms with Crippen molar-refractivity contribution in [1.29, 1.82) is 0 Å². The zero-order chi connectivity index (χ0) is 11.4. The Labute approximate surface area is 102 Å². The predicted octanol–water partition coefficient (Wildman–Crippen LogP) is 2.20. The number of thioether (sulfide) groups is 1. The third-order valence-electron chi connectivity index (χ3n) is 3.11. The maximum Gasteiger partial charge on any atom is 0.0108 e. The molecule has 0 aliphatic carbocycles. The second-order valence-electron chi connectivity index (χ2n) is 4.43. The van der Waals surface area contributed by atoms with Crippen LogP contribution in [0.4, 0.5) is 0 Å². The molecule has 0 spiro atoms. The van der Waals surface area contributed by atoms with Gasteiger partial charge in [0, 0.05) is 29.2 Å². The Kier molecular flexibility index (Phi) is 4.27. The van der Waals surface area contributed by atoms with Gasteiger partial charge in [-0.3, -0.25) is 0 Å². The molecule has 2 unspecified atom stereocenters. The Balaban J connectivity index is 1.88. The topological polar surface area (TPSA) is 38.0 Å². The van der Waals surface area contributed by atoms with Gasteiger partial charge in [-0.25, -0.2) is 0 Å². The summed E-state index contributed by atoms with van der Waals surface area (Å²) in [4.78, 5) is 1.46. The lowest BCUT2D eigenvalue weighted by Gasteiger charge is -2.16. The molecule has 1 aromatic rings. The van der Waals surface area contributed by atoms with Crippen LogP contribution in [0.1, 0.15) is 24.8 Å². The van der Waals surface area contributed by atoms with E-state index < -0.39 is 0 Å². The van der Waals surface area contributed by atoms with Crippen molar-refractivity contribution in [2.45, 2.75) is 30.2 Å². The molecule has 0 aromatic heterocycles. The van der Waals surface area contributed by atoms with E-state index in [1.165, 1.54) is 16.2 Å². The molecule has 2 atom stereocenters. The fraction of sp³-hybridized carbons (Fsp3) is 0.538. The molecule has 1 aromatic carbocycles. The first-order valence-corrected chi connectivity index (χ1v) is 6.95. The smallest absolute Gasteiger partial charge is 0.0108 e. The summed E-state index contributed by atoms with van der Waals surface area (Å²) in [5.41, 5.74) is 7.06. The lowest BCUT2D eigenvalue weighted by Crippen LogP contribution is -2.32. The SMILES string of the molecule is CC(CCN)NCC1CSc2ccccc21. The molecule has 0 amide bonds. The molecule has 2 nitrogen and oxygen atoms in total. The molecule has 0 bridgehead atoms. The molecule has 1 aliphatic rings. The second kappa shape index (κ2) is 5.71. The Morgan fingerprint density at radius 3 is 3.12 bits per heavy atom. The average Bonchev–Trinajstić information content (AvgIpc) is 2.70. The van der Waals surface area contributed by atoms with Crippen LogP contribution in [0.25, 0.3) is 0 Å². The summed E-state index contributed by atoms with van der Waals surface area (Å²) in [6.45, 7) is 4.05. The monoisotopic (exact) mass is 236 g/mol. The van der Waals surface area contributed by atoms with Crippen molar-refractivity contribution in [3.8, 4) is 0 Å². The Bertz CT molecular complexity index is 340. The van der Waals surface area contributed by atoms with Crippen molar-refractivity contribution < 1.29 is 0 Å². The minimum atomic E-state index is 0.530. The molecule has 0 saturated heterocycles. The Hall–Kier alpha value is -0.510. The van der Waals surface area contributed by atoms with Crippen LogP contribution in [0, 0.1) is 0 Å². The third-order valence-corrected chi connectivity index (χ3v) is 4.36. The minimum absolute atomic E-state index is 0.530. The van der Waals surface area contributed by atoms with Crippen LogP contribution in [-0.4, -0.2) is 24.9 Å². The number of nitrogens with two attached hydrogens (primary N) is 1. The second-order valence-corrected chi connectivity index (χ2v) is 5.49. The highest BCUT2D eigenvalue weighted by atomic mass is 32.2. The van der Waals surface area contributed by atoms with Crippen LogP contribution in [0.3, 0.4) is 0 Å². The lowest BCUT2D eigenvalue weighted by atomic mass is 10.0. The summed E-state index contributed by atoms with van der Waals surface area (Å²) in [5.74, 6) is 1.88. The van der Waals surface area contributed by atoms with Crippen molar-refractivity contribution in [1.82, 2.24) is 5.32 Å². The summed E-state index contributed by atoms with van der Waals surface area (Å²) in [6, 6.07) is 9.28. The van der Waals surface area contributed by atoms with Crippen molar-refractivity contribution in [2.75, 3.05) is 18.8 Å². The maximum atomic E-state index is 5.55. The van der Waals surface area contributed by atoms with Crippen LogP contribution in [0.5, 0.6) is 0 Å². The van der Waals surface area contributed by atoms with Gasteiger partial charge in [-0.2, -0.15) is 0 Å². The number of nitrogens with one attached hydrogen (secondary N) is 1. The quantitative estimate of drug-likeness (QED) is 0.823. The van der Waals surface area contributed by atoms with Gasteiger partial charge in [0.05, 0.1) is 0 Å². The molecule has 0 saturated carbocycles. The van der Waals surface area contributed by atoms with E-state index in [9.17, 15) is 0 Å². The van der Waals surface area contributed by atoms with E-state index in [0.29, 0.717) is 12.0 Å². The van der Waals surface area contributed by atoms with E-state index >= 15 is 0 Å². The maximum absolute atomic E-state index is 5.55. The van der Waals surface area contributed by atoms with Crippen molar-refractivity contribution in [3.05, 3.63) is 29.8 Å². The van der Waals surface area contributed by atoms with Gasteiger partial charge in [-0.05, 0) is 31.5 Å². The van der Waals surface area contributed by atoms with Crippen molar-refractivity contribution in [3.63, 3.8) is 0 Å². The zero-order valence-corrected chi connectivity index (χ0v) is 10.6. The number of rotatable bonds is 5. The molecule has 1 heterocycles. The van der Waals surface area contributed by atoms with E-state index in [1.807, 2.05) is 11.8 Å². The van der Waals surface area contributed by atoms with Gasteiger partial charge in [0.15, 0.2) is 0 Å². The molecule has 88 valence electrons. The van der Waals surface area contributed by atoms with E-state index in [4.69, 9.17) is 5.73 Å². The summed E-state index contributed by atoms with van der Waals surface area (Å²) < 4.78 is 0. The normalized spacial score (nSPS) is 20.8. The number of fused-ring (bicyclic) bond motifs is 1. The largest absolute Gasteiger partial charge is 0.330 e. The van der Waals surface area contributed by atoms with Gasteiger partial charge in [0.2, 0.25) is 0 Å². The summed E-state index contributed by atoms with van der Waals surface area (Å²) in [5, 5.41) is 3.57. The summed E-state index contributed by atoms with van der Waals surface area (Å²) in [7, 11) is 0. The molecule has 3 N–H and O–H groups in total. The highest BCUT2D eigenvalue weighted by Crippen LogP contribution is 2.38. The van der Waals surface area contributed by atoms with Gasteiger partial charge in [0.1, 0.15) is 0 Å². The number of hydrogen-bond acceptors (Lipinski definition) is 3. The molecule has 3 heteroatoms. The number of hydrogen-bond donors (Lipinski definition) is 2.